The van der Waals surface area contributed by atoms with Gasteiger partial charge >= 0.3 is 0 Å². The molecule has 0 unspecified atom stereocenters. The maximum Gasteiger partial charge on any atom is 0.224 e. The van der Waals surface area contributed by atoms with Gasteiger partial charge in [0.15, 0.2) is 5.17 Å². The predicted octanol–water partition coefficient (Wildman–Crippen LogP) is 0.532. The number of amidine groups is 1. The minimum atomic E-state index is 0.0913. The van der Waals surface area contributed by atoms with Gasteiger partial charge in [0.25, 0.3) is 0 Å². The fraction of sp³-hybridized carbons (Fsp3) is 0.500. The van der Waals surface area contributed by atoms with Gasteiger partial charge in [-0.2, -0.15) is 0 Å². The summed E-state index contributed by atoms with van der Waals surface area (Å²) in [5, 5.41) is 6.80. The molecule has 3 nitrogen and oxygen atoms in total. The molecule has 0 saturated carbocycles. The van der Waals surface area contributed by atoms with E-state index in [9.17, 15) is 0 Å². The Kier molecular flexibility index (Phi) is 4.08. The summed E-state index contributed by atoms with van der Waals surface area (Å²) >= 11 is 1.20. The van der Waals surface area contributed by atoms with Crippen molar-refractivity contribution >= 4 is 16.9 Å². The normalized spacial score (nSPS) is 7.88. The summed E-state index contributed by atoms with van der Waals surface area (Å²) in [6.07, 6.45) is 0. The van der Waals surface area contributed by atoms with Gasteiger partial charge in [0, 0.05) is 0 Å². The maximum absolute atomic E-state index is 6.71. The molecule has 0 aliphatic rings. The third-order valence-electron chi connectivity index (χ3n) is 0.461. The highest BCUT2D eigenvalue weighted by atomic mass is 32.2. The fourth-order valence-corrected chi connectivity index (χ4v) is 0.604. The van der Waals surface area contributed by atoms with Crippen molar-refractivity contribution in [1.29, 1.82) is 5.41 Å². The standard InChI is InChI=1S/C4H7N3S/c1-7-2-3-8-4(5)6/h2-3H2,(H3,5,6). The second-order valence-corrected chi connectivity index (χ2v) is 2.23. The van der Waals surface area contributed by atoms with E-state index in [4.69, 9.17) is 17.7 Å². The van der Waals surface area contributed by atoms with Crippen molar-refractivity contribution in [2.45, 2.75) is 0 Å². The highest BCUT2D eigenvalue weighted by Crippen LogP contribution is 1.95. The number of nitrogens with two attached hydrogens (primary N) is 1. The lowest BCUT2D eigenvalue weighted by molar-refractivity contribution is 1.37. The van der Waals surface area contributed by atoms with Crippen LogP contribution in [0.5, 0.6) is 0 Å². The Hall–Kier alpha value is -0.690. The second-order valence-electron chi connectivity index (χ2n) is 1.09. The van der Waals surface area contributed by atoms with E-state index in [2.05, 4.69) is 4.85 Å². The Morgan fingerprint density at radius 3 is 2.88 bits per heavy atom. The zero-order valence-electron chi connectivity index (χ0n) is 4.35. The summed E-state index contributed by atoms with van der Waals surface area (Å²) < 4.78 is 0. The fourth-order valence-electron chi connectivity index (χ4n) is 0.201. The second kappa shape index (κ2) is 4.47. The number of thioether (sulfide) groups is 1. The van der Waals surface area contributed by atoms with E-state index in [0.29, 0.717) is 12.3 Å². The van der Waals surface area contributed by atoms with Crippen molar-refractivity contribution in [3.63, 3.8) is 0 Å². The molecule has 0 atom stereocenters. The molecule has 0 bridgehead atoms. The van der Waals surface area contributed by atoms with E-state index >= 15 is 0 Å². The SMILES string of the molecule is [C-]#[N+]CCSC(=N)N. The van der Waals surface area contributed by atoms with E-state index in [0.717, 1.165) is 0 Å². The highest BCUT2D eigenvalue weighted by Gasteiger charge is 1.89. The van der Waals surface area contributed by atoms with Crippen LogP contribution < -0.4 is 5.73 Å². The first-order valence-electron chi connectivity index (χ1n) is 2.07. The molecule has 0 fully saturated rings. The molecule has 44 valence electrons. The number of hydrogen-bond acceptors (Lipinski definition) is 2. The van der Waals surface area contributed by atoms with Crippen molar-refractivity contribution in [2.75, 3.05) is 12.3 Å². The minimum absolute atomic E-state index is 0.0913. The van der Waals surface area contributed by atoms with Crippen LogP contribution in [0.4, 0.5) is 0 Å². The molecule has 8 heavy (non-hydrogen) atoms. The van der Waals surface area contributed by atoms with Crippen LogP contribution in [0.2, 0.25) is 0 Å². The van der Waals surface area contributed by atoms with Crippen molar-refractivity contribution in [3.8, 4) is 0 Å². The molecule has 0 aliphatic heterocycles. The zero-order valence-corrected chi connectivity index (χ0v) is 5.16. The Bertz CT molecular complexity index is 115. The molecule has 0 aromatic heterocycles. The summed E-state index contributed by atoms with van der Waals surface area (Å²) in [5.41, 5.74) is 4.98. The van der Waals surface area contributed by atoms with Crippen LogP contribution in [0, 0.1) is 12.0 Å². The van der Waals surface area contributed by atoms with Crippen LogP contribution in [0.3, 0.4) is 0 Å². The Labute approximate surface area is 52.6 Å². The lowest BCUT2D eigenvalue weighted by Gasteiger charge is -1.87. The van der Waals surface area contributed by atoms with Crippen molar-refractivity contribution in [1.82, 2.24) is 0 Å². The first-order chi connectivity index (χ1) is 3.77. The third kappa shape index (κ3) is 5.31. The topological polar surface area (TPSA) is 54.2 Å². The first kappa shape index (κ1) is 7.31. The van der Waals surface area contributed by atoms with E-state index in [1.165, 1.54) is 11.8 Å². The molecule has 4 heteroatoms. The molecular formula is C4H7N3S. The van der Waals surface area contributed by atoms with Gasteiger partial charge in [-0.1, -0.05) is 11.8 Å². The summed E-state index contributed by atoms with van der Waals surface area (Å²) in [4.78, 5) is 3.08. The summed E-state index contributed by atoms with van der Waals surface area (Å²) in [6.45, 7) is 6.80. The van der Waals surface area contributed by atoms with Gasteiger partial charge in [0.05, 0.1) is 5.75 Å². The summed E-state index contributed by atoms with van der Waals surface area (Å²) in [6, 6.07) is 0. The van der Waals surface area contributed by atoms with Gasteiger partial charge in [-0.3, -0.25) is 5.41 Å². The van der Waals surface area contributed by atoms with E-state index in [-0.39, 0.29) is 5.17 Å². The predicted molar refractivity (Wildman–Crippen MR) is 35.8 cm³/mol. The molecule has 0 aliphatic carbocycles. The van der Waals surface area contributed by atoms with E-state index < -0.39 is 0 Å². The van der Waals surface area contributed by atoms with Crippen molar-refractivity contribution < 1.29 is 0 Å². The number of nitrogens with one attached hydrogen (secondary N) is 1. The van der Waals surface area contributed by atoms with Gasteiger partial charge in [-0.05, 0) is 0 Å². The van der Waals surface area contributed by atoms with Crippen LogP contribution >= 0.6 is 11.8 Å². The van der Waals surface area contributed by atoms with Crippen LogP contribution in [0.15, 0.2) is 0 Å². The number of hydrogen-bond donors (Lipinski definition) is 2. The van der Waals surface area contributed by atoms with Crippen molar-refractivity contribution in [2.24, 2.45) is 5.73 Å². The molecule has 0 saturated heterocycles. The lowest BCUT2D eigenvalue weighted by Crippen LogP contribution is -2.04. The van der Waals surface area contributed by atoms with Gasteiger partial charge in [-0.15, -0.1) is 0 Å². The lowest BCUT2D eigenvalue weighted by atomic mass is 10.8. The first-order valence-corrected chi connectivity index (χ1v) is 3.06. The number of nitrogens with zero attached hydrogens (tertiary/aromatic N) is 1. The minimum Gasteiger partial charge on any atom is -0.379 e. The molecule has 0 aromatic rings. The highest BCUT2D eigenvalue weighted by molar-refractivity contribution is 8.13. The molecule has 0 radical (unpaired) electrons. The van der Waals surface area contributed by atoms with Crippen LogP contribution in [-0.2, 0) is 0 Å². The zero-order chi connectivity index (χ0) is 6.41. The van der Waals surface area contributed by atoms with Gasteiger partial charge in [0.2, 0.25) is 6.54 Å². The average Bonchev–Trinajstić information content (AvgIpc) is 1.66. The molecule has 3 N–H and O–H groups in total. The Morgan fingerprint density at radius 2 is 2.50 bits per heavy atom. The Morgan fingerprint density at radius 1 is 1.88 bits per heavy atom. The van der Waals surface area contributed by atoms with E-state index in [1.54, 1.807) is 0 Å². The molecule has 0 heterocycles. The van der Waals surface area contributed by atoms with Gasteiger partial charge in [0.1, 0.15) is 0 Å². The molecule has 0 aromatic carbocycles. The van der Waals surface area contributed by atoms with Crippen LogP contribution in [0.25, 0.3) is 4.85 Å². The molecular weight excluding hydrogens is 122 g/mol. The quantitative estimate of drug-likeness (QED) is 0.247. The van der Waals surface area contributed by atoms with Crippen LogP contribution in [0.1, 0.15) is 0 Å². The van der Waals surface area contributed by atoms with E-state index in [1.807, 2.05) is 0 Å². The number of rotatable bonds is 2. The smallest absolute Gasteiger partial charge is 0.224 e. The average molecular weight is 129 g/mol. The summed E-state index contributed by atoms with van der Waals surface area (Å²) in [7, 11) is 0. The molecule has 0 amide bonds. The van der Waals surface area contributed by atoms with Gasteiger partial charge < -0.3 is 10.6 Å². The largest absolute Gasteiger partial charge is 0.379 e. The third-order valence-corrected chi connectivity index (χ3v) is 1.16. The van der Waals surface area contributed by atoms with Crippen molar-refractivity contribution in [3.05, 3.63) is 11.4 Å². The monoisotopic (exact) mass is 129 g/mol. The summed E-state index contributed by atoms with van der Waals surface area (Å²) in [5.74, 6) is 0.638. The molecule has 0 rings (SSSR count). The van der Waals surface area contributed by atoms with Crippen LogP contribution in [-0.4, -0.2) is 17.5 Å². The van der Waals surface area contributed by atoms with Gasteiger partial charge in [-0.25, -0.2) is 6.57 Å². The molecule has 0 spiro atoms. The maximum atomic E-state index is 6.71. The Balaban J connectivity index is 2.97.